The second-order valence-corrected chi connectivity index (χ2v) is 9.54. The maximum atomic E-state index is 13.1. The lowest BCUT2D eigenvalue weighted by Crippen LogP contribution is -2.57. The highest BCUT2D eigenvalue weighted by Crippen LogP contribution is 2.64. The van der Waals surface area contributed by atoms with E-state index in [4.69, 9.17) is 4.74 Å². The summed E-state index contributed by atoms with van der Waals surface area (Å²) in [5.74, 6) is 1.61. The van der Waals surface area contributed by atoms with Crippen LogP contribution in [0.2, 0.25) is 0 Å². The van der Waals surface area contributed by atoms with Gasteiger partial charge in [0.25, 0.3) is 0 Å². The van der Waals surface area contributed by atoms with Crippen molar-refractivity contribution in [2.75, 3.05) is 0 Å². The lowest BCUT2D eigenvalue weighted by molar-refractivity contribution is -0.166. The smallest absolute Gasteiger partial charge is 0.302 e. The van der Waals surface area contributed by atoms with Crippen molar-refractivity contribution in [1.29, 1.82) is 0 Å². The quantitative estimate of drug-likeness (QED) is 0.679. The molecule has 7 atom stereocenters. The molecule has 0 amide bonds. The van der Waals surface area contributed by atoms with E-state index in [1.54, 1.807) is 0 Å². The predicted octanol–water partition coefficient (Wildman–Crippen LogP) is 3.71. The molecule has 4 heteroatoms. The summed E-state index contributed by atoms with van der Waals surface area (Å²) in [4.78, 5) is 36.9. The molecule has 0 bridgehead atoms. The fraction of sp³-hybridized carbons (Fsp3) is 0.857. The SMILES string of the molecule is CC(=O)OC1CC[C@@]2(C)C(CC(=O)[C@@H]3[C@@H]2CC[C@]2(C)C(=O)CC[C@@H]32)C1. The molecular weight excluding hydrogens is 316 g/mol. The molecule has 4 aliphatic rings. The number of esters is 1. The highest BCUT2D eigenvalue weighted by Gasteiger charge is 2.62. The Kier molecular flexibility index (Phi) is 3.90. The molecule has 25 heavy (non-hydrogen) atoms. The van der Waals surface area contributed by atoms with Gasteiger partial charge in [0.05, 0.1) is 0 Å². The Hall–Kier alpha value is -1.19. The van der Waals surface area contributed by atoms with Crippen molar-refractivity contribution in [3.8, 4) is 0 Å². The largest absolute Gasteiger partial charge is 0.463 e. The van der Waals surface area contributed by atoms with Crippen molar-refractivity contribution in [3.05, 3.63) is 0 Å². The maximum Gasteiger partial charge on any atom is 0.302 e. The summed E-state index contributed by atoms with van der Waals surface area (Å²) in [5.41, 5.74) is -0.100. The Morgan fingerprint density at radius 3 is 2.56 bits per heavy atom. The Labute approximate surface area is 150 Å². The monoisotopic (exact) mass is 346 g/mol. The van der Waals surface area contributed by atoms with E-state index in [0.29, 0.717) is 36.2 Å². The first-order valence-corrected chi connectivity index (χ1v) is 9.99. The fourth-order valence-electron chi connectivity index (χ4n) is 7.01. The molecule has 0 radical (unpaired) electrons. The van der Waals surface area contributed by atoms with E-state index in [1.807, 2.05) is 0 Å². The van der Waals surface area contributed by atoms with Gasteiger partial charge in [-0.05, 0) is 61.7 Å². The van der Waals surface area contributed by atoms with Crippen molar-refractivity contribution in [2.24, 2.45) is 34.5 Å². The van der Waals surface area contributed by atoms with Crippen LogP contribution < -0.4 is 0 Å². The lowest BCUT2D eigenvalue weighted by atomic mass is 9.45. The number of ether oxygens (including phenoxy) is 1. The van der Waals surface area contributed by atoms with Gasteiger partial charge in [0.2, 0.25) is 0 Å². The first kappa shape index (κ1) is 17.2. The number of rotatable bonds is 1. The molecule has 0 saturated heterocycles. The minimum Gasteiger partial charge on any atom is -0.463 e. The number of Topliss-reactive ketones (excluding diaryl/α,β-unsaturated/α-hetero) is 2. The maximum absolute atomic E-state index is 13.1. The zero-order valence-corrected chi connectivity index (χ0v) is 15.7. The minimum absolute atomic E-state index is 0.0261. The van der Waals surface area contributed by atoms with Gasteiger partial charge in [0, 0.05) is 31.1 Å². The van der Waals surface area contributed by atoms with Crippen LogP contribution in [0.15, 0.2) is 0 Å². The van der Waals surface area contributed by atoms with Crippen molar-refractivity contribution in [2.45, 2.75) is 78.2 Å². The van der Waals surface area contributed by atoms with Crippen LogP contribution in [0.25, 0.3) is 0 Å². The summed E-state index contributed by atoms with van der Waals surface area (Å²) >= 11 is 0. The van der Waals surface area contributed by atoms with Gasteiger partial charge >= 0.3 is 5.97 Å². The van der Waals surface area contributed by atoms with E-state index < -0.39 is 0 Å². The summed E-state index contributed by atoms with van der Waals surface area (Å²) in [6.07, 6.45) is 6.85. The van der Waals surface area contributed by atoms with Crippen LogP contribution in [-0.2, 0) is 19.1 Å². The van der Waals surface area contributed by atoms with Crippen molar-refractivity contribution >= 4 is 17.5 Å². The number of hydrogen-bond acceptors (Lipinski definition) is 4. The molecule has 2 unspecified atom stereocenters. The molecule has 4 aliphatic carbocycles. The highest BCUT2D eigenvalue weighted by atomic mass is 16.5. The Morgan fingerprint density at radius 2 is 1.84 bits per heavy atom. The Morgan fingerprint density at radius 1 is 1.08 bits per heavy atom. The van der Waals surface area contributed by atoms with Crippen LogP contribution in [0.1, 0.15) is 72.1 Å². The van der Waals surface area contributed by atoms with Gasteiger partial charge in [-0.1, -0.05) is 13.8 Å². The number of ketones is 2. The molecule has 4 saturated carbocycles. The third-order valence-electron chi connectivity index (χ3n) is 8.46. The molecule has 4 rings (SSSR count). The van der Waals surface area contributed by atoms with Crippen LogP contribution in [0.3, 0.4) is 0 Å². The van der Waals surface area contributed by atoms with E-state index >= 15 is 0 Å². The van der Waals surface area contributed by atoms with E-state index in [0.717, 1.165) is 38.5 Å². The number of fused-ring (bicyclic) bond motifs is 5. The average molecular weight is 346 g/mol. The second kappa shape index (κ2) is 5.65. The van der Waals surface area contributed by atoms with Crippen molar-refractivity contribution < 1.29 is 19.1 Å². The molecule has 0 N–H and O–H groups in total. The van der Waals surface area contributed by atoms with Gasteiger partial charge in [-0.3, -0.25) is 14.4 Å². The van der Waals surface area contributed by atoms with Gasteiger partial charge in [-0.15, -0.1) is 0 Å². The topological polar surface area (TPSA) is 60.4 Å². The Bertz CT molecular complexity index is 625. The van der Waals surface area contributed by atoms with Gasteiger partial charge in [-0.25, -0.2) is 0 Å². The minimum atomic E-state index is -0.255. The van der Waals surface area contributed by atoms with Gasteiger partial charge in [0.15, 0.2) is 0 Å². The summed E-state index contributed by atoms with van der Waals surface area (Å²) in [5, 5.41) is 0. The fourth-order valence-corrected chi connectivity index (χ4v) is 7.01. The number of carbonyl (C=O) groups is 3. The third kappa shape index (κ3) is 2.43. The number of hydrogen-bond donors (Lipinski definition) is 0. The van der Waals surface area contributed by atoms with Crippen LogP contribution >= 0.6 is 0 Å². The summed E-state index contributed by atoms with van der Waals surface area (Å²) in [7, 11) is 0. The normalized spacial score (nSPS) is 49.2. The molecule has 4 nitrogen and oxygen atoms in total. The zero-order chi connectivity index (χ0) is 18.0. The van der Waals surface area contributed by atoms with Gasteiger partial charge in [0.1, 0.15) is 17.7 Å². The van der Waals surface area contributed by atoms with Crippen LogP contribution in [0, 0.1) is 34.5 Å². The second-order valence-electron chi connectivity index (χ2n) is 9.54. The summed E-state index contributed by atoms with van der Waals surface area (Å²) < 4.78 is 5.46. The molecule has 0 aromatic heterocycles. The highest BCUT2D eigenvalue weighted by molar-refractivity contribution is 5.90. The van der Waals surface area contributed by atoms with Crippen LogP contribution in [0.5, 0.6) is 0 Å². The Balaban J connectivity index is 1.60. The van der Waals surface area contributed by atoms with E-state index in [1.165, 1.54) is 6.92 Å². The summed E-state index contributed by atoms with van der Waals surface area (Å²) in [6.45, 7) is 5.95. The molecule has 0 heterocycles. The molecular formula is C21H30O4. The molecule has 4 fully saturated rings. The standard InChI is InChI=1S/C21H30O4/c1-12(22)25-14-6-8-20(2)13(10-14)11-17(23)19-15-4-5-18(24)21(15,3)9-7-16(19)20/h13-16,19H,4-11H2,1-3H3/t13?,14?,15-,16-,19-,20-,21-/m0/s1. The molecule has 0 spiro atoms. The number of carbonyl (C=O) groups excluding carboxylic acids is 3. The molecule has 0 aromatic rings. The molecule has 0 aromatic carbocycles. The average Bonchev–Trinajstić information content (AvgIpc) is 2.84. The van der Waals surface area contributed by atoms with E-state index in [9.17, 15) is 14.4 Å². The third-order valence-corrected chi connectivity index (χ3v) is 8.46. The first-order chi connectivity index (χ1) is 11.8. The first-order valence-electron chi connectivity index (χ1n) is 9.99. The molecule has 138 valence electrons. The zero-order valence-electron chi connectivity index (χ0n) is 15.7. The molecule has 0 aliphatic heterocycles. The van der Waals surface area contributed by atoms with Gasteiger partial charge < -0.3 is 4.74 Å². The predicted molar refractivity (Wildman–Crippen MR) is 92.7 cm³/mol. The lowest BCUT2D eigenvalue weighted by Gasteiger charge is -2.59. The van der Waals surface area contributed by atoms with Crippen molar-refractivity contribution in [3.63, 3.8) is 0 Å². The van der Waals surface area contributed by atoms with E-state index in [2.05, 4.69) is 13.8 Å². The van der Waals surface area contributed by atoms with Crippen LogP contribution in [0.4, 0.5) is 0 Å². The van der Waals surface area contributed by atoms with Gasteiger partial charge in [-0.2, -0.15) is 0 Å². The van der Waals surface area contributed by atoms with Crippen LogP contribution in [-0.4, -0.2) is 23.6 Å². The van der Waals surface area contributed by atoms with E-state index in [-0.39, 0.29) is 34.7 Å². The van der Waals surface area contributed by atoms with Crippen molar-refractivity contribution in [1.82, 2.24) is 0 Å². The summed E-state index contributed by atoms with van der Waals surface area (Å²) in [6, 6.07) is 0.